The number of nitrogens with zero attached hydrogens (tertiary/aromatic N) is 1. The van der Waals surface area contributed by atoms with Crippen molar-refractivity contribution in [2.45, 2.75) is 6.42 Å². The SMILES string of the molecule is CN(CC1CCOC1)C(=O)c1ccc(C(N)=O)cc1. The minimum absolute atomic E-state index is 0.0529. The Morgan fingerprint density at radius 3 is 2.47 bits per heavy atom. The molecule has 0 saturated carbocycles. The van der Waals surface area contributed by atoms with Crippen molar-refractivity contribution in [3.05, 3.63) is 35.4 Å². The van der Waals surface area contributed by atoms with E-state index in [2.05, 4.69) is 0 Å². The summed E-state index contributed by atoms with van der Waals surface area (Å²) in [4.78, 5) is 24.8. The van der Waals surface area contributed by atoms with E-state index in [0.717, 1.165) is 19.6 Å². The van der Waals surface area contributed by atoms with Gasteiger partial charge in [0.05, 0.1) is 6.61 Å². The van der Waals surface area contributed by atoms with Crippen molar-refractivity contribution in [3.8, 4) is 0 Å². The van der Waals surface area contributed by atoms with Crippen molar-refractivity contribution in [1.82, 2.24) is 4.90 Å². The Morgan fingerprint density at radius 2 is 1.95 bits per heavy atom. The van der Waals surface area contributed by atoms with Crippen molar-refractivity contribution < 1.29 is 14.3 Å². The molecule has 1 atom stereocenters. The molecule has 19 heavy (non-hydrogen) atoms. The lowest BCUT2D eigenvalue weighted by Gasteiger charge is -2.20. The number of hydrogen-bond donors (Lipinski definition) is 1. The molecule has 2 rings (SSSR count). The molecule has 1 saturated heterocycles. The van der Waals surface area contributed by atoms with Crippen molar-refractivity contribution in [1.29, 1.82) is 0 Å². The molecular formula is C14H18N2O3. The summed E-state index contributed by atoms with van der Waals surface area (Å²) in [5, 5.41) is 0. The second-order valence-corrected chi connectivity index (χ2v) is 4.86. The normalized spacial score (nSPS) is 18.3. The molecule has 2 N–H and O–H groups in total. The van der Waals surface area contributed by atoms with Gasteiger partial charge in [-0.15, -0.1) is 0 Å². The van der Waals surface area contributed by atoms with Crippen LogP contribution in [0, 0.1) is 5.92 Å². The first-order valence-electron chi connectivity index (χ1n) is 6.31. The standard InChI is InChI=1S/C14H18N2O3/c1-16(8-10-6-7-19-9-10)14(18)12-4-2-11(3-5-12)13(15)17/h2-5,10H,6-9H2,1H3,(H2,15,17). The van der Waals surface area contributed by atoms with Crippen LogP contribution in [-0.2, 0) is 4.74 Å². The van der Waals surface area contributed by atoms with Crippen LogP contribution in [0.4, 0.5) is 0 Å². The highest BCUT2D eigenvalue weighted by Gasteiger charge is 2.20. The molecule has 0 aliphatic carbocycles. The van der Waals surface area contributed by atoms with Gasteiger partial charge in [0.1, 0.15) is 0 Å². The first kappa shape index (κ1) is 13.5. The third-order valence-electron chi connectivity index (χ3n) is 3.32. The maximum absolute atomic E-state index is 12.2. The Kier molecular flexibility index (Phi) is 4.16. The van der Waals surface area contributed by atoms with Gasteiger partial charge in [0.25, 0.3) is 5.91 Å². The summed E-state index contributed by atoms with van der Waals surface area (Å²) >= 11 is 0. The zero-order valence-electron chi connectivity index (χ0n) is 11.0. The zero-order chi connectivity index (χ0) is 13.8. The Morgan fingerprint density at radius 1 is 1.32 bits per heavy atom. The number of carbonyl (C=O) groups is 2. The third kappa shape index (κ3) is 3.32. The minimum Gasteiger partial charge on any atom is -0.381 e. The number of amides is 2. The highest BCUT2D eigenvalue weighted by Crippen LogP contribution is 2.15. The Bertz CT molecular complexity index is 464. The molecule has 1 fully saturated rings. The minimum atomic E-state index is -0.490. The first-order chi connectivity index (χ1) is 9.08. The molecule has 1 unspecified atom stereocenters. The van der Waals surface area contributed by atoms with E-state index in [4.69, 9.17) is 10.5 Å². The number of carbonyl (C=O) groups excluding carboxylic acids is 2. The second-order valence-electron chi connectivity index (χ2n) is 4.86. The monoisotopic (exact) mass is 262 g/mol. The van der Waals surface area contributed by atoms with Crippen molar-refractivity contribution in [3.63, 3.8) is 0 Å². The summed E-state index contributed by atoms with van der Waals surface area (Å²) in [6, 6.07) is 6.40. The highest BCUT2D eigenvalue weighted by molar-refractivity contribution is 5.97. The lowest BCUT2D eigenvalue weighted by molar-refractivity contribution is 0.0765. The van der Waals surface area contributed by atoms with Crippen molar-refractivity contribution in [2.75, 3.05) is 26.8 Å². The number of primary amides is 1. The van der Waals surface area contributed by atoms with Gasteiger partial charge >= 0.3 is 0 Å². The van der Waals surface area contributed by atoms with Crippen LogP contribution in [0.15, 0.2) is 24.3 Å². The van der Waals surface area contributed by atoms with Gasteiger partial charge in [-0.1, -0.05) is 0 Å². The number of hydrogen-bond acceptors (Lipinski definition) is 3. The Balaban J connectivity index is 1.99. The van der Waals surface area contributed by atoms with E-state index in [1.807, 2.05) is 0 Å². The summed E-state index contributed by atoms with van der Waals surface area (Å²) in [6.45, 7) is 2.19. The molecule has 1 aromatic carbocycles. The molecule has 0 radical (unpaired) electrons. The van der Waals surface area contributed by atoms with E-state index in [-0.39, 0.29) is 5.91 Å². The number of ether oxygens (including phenoxy) is 1. The van der Waals surface area contributed by atoms with Gasteiger partial charge in [-0.2, -0.15) is 0 Å². The quantitative estimate of drug-likeness (QED) is 0.876. The lowest BCUT2D eigenvalue weighted by atomic mass is 10.1. The van der Waals surface area contributed by atoms with Crippen LogP contribution in [0.1, 0.15) is 27.1 Å². The van der Waals surface area contributed by atoms with Crippen molar-refractivity contribution in [2.24, 2.45) is 11.7 Å². The summed E-state index contributed by atoms with van der Waals surface area (Å²) in [6.07, 6.45) is 0.998. The molecule has 1 aromatic rings. The average Bonchev–Trinajstić information content (AvgIpc) is 2.90. The van der Waals surface area contributed by atoms with Gasteiger partial charge < -0.3 is 15.4 Å². The van der Waals surface area contributed by atoms with Gasteiger partial charge in [-0.05, 0) is 30.7 Å². The lowest BCUT2D eigenvalue weighted by Crippen LogP contribution is -2.32. The topological polar surface area (TPSA) is 72.6 Å². The number of rotatable bonds is 4. The largest absolute Gasteiger partial charge is 0.381 e. The molecule has 1 aliphatic rings. The van der Waals surface area contributed by atoms with Crippen LogP contribution < -0.4 is 5.73 Å². The summed E-state index contributed by atoms with van der Waals surface area (Å²) in [5.74, 6) is -0.128. The van der Waals surface area contributed by atoms with Crippen LogP contribution in [-0.4, -0.2) is 43.5 Å². The second kappa shape index (κ2) is 5.84. The van der Waals surface area contributed by atoms with E-state index in [9.17, 15) is 9.59 Å². The summed E-state index contributed by atoms with van der Waals surface area (Å²) < 4.78 is 5.30. The van der Waals surface area contributed by atoms with Gasteiger partial charge in [0, 0.05) is 37.2 Å². The molecule has 0 spiro atoms. The molecular weight excluding hydrogens is 244 g/mol. The maximum Gasteiger partial charge on any atom is 0.253 e. The highest BCUT2D eigenvalue weighted by atomic mass is 16.5. The maximum atomic E-state index is 12.2. The van der Waals surface area contributed by atoms with E-state index in [1.165, 1.54) is 0 Å². The predicted octanol–water partition coefficient (Wildman–Crippen LogP) is 0.894. The molecule has 5 nitrogen and oxygen atoms in total. The molecule has 1 heterocycles. The molecule has 0 aromatic heterocycles. The van der Waals surface area contributed by atoms with Crippen molar-refractivity contribution >= 4 is 11.8 Å². The Labute approximate surface area is 112 Å². The summed E-state index contributed by atoms with van der Waals surface area (Å²) in [7, 11) is 1.78. The van der Waals surface area contributed by atoms with Crippen LogP contribution in [0.3, 0.4) is 0 Å². The fourth-order valence-electron chi connectivity index (χ4n) is 2.19. The number of benzene rings is 1. The van der Waals surface area contributed by atoms with Crippen LogP contribution >= 0.6 is 0 Å². The van der Waals surface area contributed by atoms with E-state index in [0.29, 0.717) is 23.6 Å². The zero-order valence-corrected chi connectivity index (χ0v) is 11.0. The third-order valence-corrected chi connectivity index (χ3v) is 3.32. The first-order valence-corrected chi connectivity index (χ1v) is 6.31. The van der Waals surface area contributed by atoms with Crippen LogP contribution in [0.5, 0.6) is 0 Å². The van der Waals surface area contributed by atoms with Crippen LogP contribution in [0.25, 0.3) is 0 Å². The molecule has 102 valence electrons. The fourth-order valence-corrected chi connectivity index (χ4v) is 2.19. The number of nitrogens with two attached hydrogens (primary N) is 1. The smallest absolute Gasteiger partial charge is 0.253 e. The average molecular weight is 262 g/mol. The Hall–Kier alpha value is -1.88. The van der Waals surface area contributed by atoms with Gasteiger partial charge in [0.2, 0.25) is 5.91 Å². The van der Waals surface area contributed by atoms with E-state index >= 15 is 0 Å². The predicted molar refractivity (Wildman–Crippen MR) is 70.8 cm³/mol. The molecule has 2 amide bonds. The van der Waals surface area contributed by atoms with E-state index in [1.54, 1.807) is 36.2 Å². The van der Waals surface area contributed by atoms with Gasteiger partial charge in [-0.25, -0.2) is 0 Å². The fraction of sp³-hybridized carbons (Fsp3) is 0.429. The van der Waals surface area contributed by atoms with Gasteiger partial charge in [-0.3, -0.25) is 9.59 Å². The summed E-state index contributed by atoms with van der Waals surface area (Å²) in [5.41, 5.74) is 6.13. The molecule has 5 heteroatoms. The van der Waals surface area contributed by atoms with Gasteiger partial charge in [0.15, 0.2) is 0 Å². The molecule has 0 bridgehead atoms. The van der Waals surface area contributed by atoms with E-state index < -0.39 is 5.91 Å². The van der Waals surface area contributed by atoms with Crippen LogP contribution in [0.2, 0.25) is 0 Å². The molecule has 1 aliphatic heterocycles.